The van der Waals surface area contributed by atoms with Crippen LogP contribution in [-0.4, -0.2) is 41.1 Å². The highest BCUT2D eigenvalue weighted by molar-refractivity contribution is 5.97. The van der Waals surface area contributed by atoms with Gasteiger partial charge in [-0.25, -0.2) is 9.18 Å². The molecule has 140 valence electrons. The zero-order valence-electron chi connectivity index (χ0n) is 16.1. The first-order valence-corrected chi connectivity index (χ1v) is 8.98. The van der Waals surface area contributed by atoms with Crippen LogP contribution in [0.4, 0.5) is 9.18 Å². The molecule has 1 aliphatic carbocycles. The molecule has 2 rings (SSSR count). The number of rotatable bonds is 2. The van der Waals surface area contributed by atoms with Gasteiger partial charge in [0.15, 0.2) is 5.78 Å². The summed E-state index contributed by atoms with van der Waals surface area (Å²) in [5.74, 6) is 0.0311. The van der Waals surface area contributed by atoms with Crippen LogP contribution in [0.25, 0.3) is 0 Å². The van der Waals surface area contributed by atoms with Crippen LogP contribution >= 0.6 is 0 Å². The molecule has 0 aromatic carbocycles. The second kappa shape index (κ2) is 6.93. The van der Waals surface area contributed by atoms with Crippen LogP contribution in [0.1, 0.15) is 60.3 Å². The Balaban J connectivity index is 2.11. The topological polar surface area (TPSA) is 46.6 Å². The molecule has 1 amide bonds. The van der Waals surface area contributed by atoms with E-state index in [0.717, 1.165) is 5.57 Å². The van der Waals surface area contributed by atoms with E-state index in [2.05, 4.69) is 6.58 Å². The van der Waals surface area contributed by atoms with Gasteiger partial charge in [-0.15, -0.1) is 0 Å². The first-order chi connectivity index (χ1) is 11.4. The number of nitrogens with zero attached hydrogens (tertiary/aromatic N) is 1. The Kier molecular flexibility index (Phi) is 5.45. The number of alkyl halides is 1. The highest BCUT2D eigenvalue weighted by atomic mass is 19.1. The molecule has 0 radical (unpaired) electrons. The van der Waals surface area contributed by atoms with Gasteiger partial charge < -0.3 is 9.64 Å². The van der Waals surface area contributed by atoms with E-state index in [-0.39, 0.29) is 24.5 Å². The molecule has 0 N–H and O–H groups in total. The Morgan fingerprint density at radius 2 is 1.84 bits per heavy atom. The summed E-state index contributed by atoms with van der Waals surface area (Å²) in [6.07, 6.45) is 0.977. The third-order valence-corrected chi connectivity index (χ3v) is 5.20. The SMILES string of the molecule is C=C(C)C1CC(=O)C(C)=C(C2(F)CCN(C(=O)OC(C)(C)C)CC2)C1. The molecular formula is C20H30FNO3. The third kappa shape index (κ3) is 4.50. The van der Waals surface area contributed by atoms with Gasteiger partial charge in [-0.3, -0.25) is 4.79 Å². The van der Waals surface area contributed by atoms with Gasteiger partial charge in [-0.1, -0.05) is 12.2 Å². The molecule has 0 spiro atoms. The van der Waals surface area contributed by atoms with Crippen molar-refractivity contribution in [3.63, 3.8) is 0 Å². The molecule has 1 saturated heterocycles. The number of carbonyl (C=O) groups excluding carboxylic acids is 2. The summed E-state index contributed by atoms with van der Waals surface area (Å²) >= 11 is 0. The number of ketones is 1. The van der Waals surface area contributed by atoms with E-state index >= 15 is 4.39 Å². The molecule has 2 aliphatic rings. The quantitative estimate of drug-likeness (QED) is 0.683. The zero-order valence-corrected chi connectivity index (χ0v) is 16.1. The van der Waals surface area contributed by atoms with Crippen molar-refractivity contribution in [1.82, 2.24) is 4.90 Å². The van der Waals surface area contributed by atoms with Crippen molar-refractivity contribution < 1.29 is 18.7 Å². The maximum Gasteiger partial charge on any atom is 0.410 e. The summed E-state index contributed by atoms with van der Waals surface area (Å²) in [6.45, 7) is 13.6. The number of ether oxygens (including phenoxy) is 1. The lowest BCUT2D eigenvalue weighted by Gasteiger charge is -2.41. The molecule has 1 unspecified atom stereocenters. The van der Waals surface area contributed by atoms with Gasteiger partial charge in [0.25, 0.3) is 0 Å². The number of hydrogen-bond donors (Lipinski definition) is 0. The van der Waals surface area contributed by atoms with Crippen LogP contribution < -0.4 is 0 Å². The average molecular weight is 351 g/mol. The summed E-state index contributed by atoms with van der Waals surface area (Å²) in [4.78, 5) is 26.0. The number of halogens is 1. The fourth-order valence-corrected chi connectivity index (χ4v) is 3.56. The number of Topliss-reactive ketones (excluding diaryl/α,β-unsaturated/α-hetero) is 1. The lowest BCUT2D eigenvalue weighted by molar-refractivity contribution is -0.117. The van der Waals surface area contributed by atoms with Crippen molar-refractivity contribution in [2.45, 2.75) is 71.6 Å². The lowest BCUT2D eigenvalue weighted by atomic mass is 9.72. The van der Waals surface area contributed by atoms with Crippen LogP contribution in [0.15, 0.2) is 23.3 Å². The summed E-state index contributed by atoms with van der Waals surface area (Å²) < 4.78 is 21.0. The predicted octanol–water partition coefficient (Wildman–Crippen LogP) is 4.60. The molecule has 1 atom stereocenters. The van der Waals surface area contributed by atoms with Crippen molar-refractivity contribution in [1.29, 1.82) is 0 Å². The Morgan fingerprint density at radius 1 is 1.28 bits per heavy atom. The maximum absolute atomic E-state index is 15.7. The smallest absolute Gasteiger partial charge is 0.410 e. The Labute approximate surface area is 150 Å². The third-order valence-electron chi connectivity index (χ3n) is 5.20. The highest BCUT2D eigenvalue weighted by Crippen LogP contribution is 2.43. The van der Waals surface area contributed by atoms with Gasteiger partial charge in [0.1, 0.15) is 11.3 Å². The Morgan fingerprint density at radius 3 is 2.32 bits per heavy atom. The van der Waals surface area contributed by atoms with Gasteiger partial charge in [0.2, 0.25) is 0 Å². The zero-order chi connectivity index (χ0) is 19.0. The number of likely N-dealkylation sites (tertiary alicyclic amines) is 1. The minimum absolute atomic E-state index is 0.0147. The lowest BCUT2D eigenvalue weighted by Crippen LogP contribution is -2.48. The van der Waals surface area contributed by atoms with E-state index in [4.69, 9.17) is 4.74 Å². The van der Waals surface area contributed by atoms with Gasteiger partial charge in [-0.05, 0) is 58.1 Å². The molecule has 0 saturated carbocycles. The second-order valence-corrected chi connectivity index (χ2v) is 8.41. The first-order valence-electron chi connectivity index (χ1n) is 8.98. The van der Waals surface area contributed by atoms with Gasteiger partial charge >= 0.3 is 6.09 Å². The molecule has 0 bridgehead atoms. The van der Waals surface area contributed by atoms with Crippen LogP contribution in [0.2, 0.25) is 0 Å². The number of carbonyl (C=O) groups is 2. The molecule has 5 heteroatoms. The fourth-order valence-electron chi connectivity index (χ4n) is 3.56. The minimum Gasteiger partial charge on any atom is -0.444 e. The molecule has 1 aliphatic heterocycles. The van der Waals surface area contributed by atoms with Gasteiger partial charge in [-0.2, -0.15) is 0 Å². The summed E-state index contributed by atoms with van der Waals surface area (Å²) in [6, 6.07) is 0. The maximum atomic E-state index is 15.7. The van der Waals surface area contributed by atoms with Crippen LogP contribution in [-0.2, 0) is 9.53 Å². The van der Waals surface area contributed by atoms with E-state index in [1.54, 1.807) is 11.8 Å². The van der Waals surface area contributed by atoms with E-state index in [0.29, 0.717) is 37.1 Å². The number of allylic oxidation sites excluding steroid dienone is 3. The monoisotopic (exact) mass is 351 g/mol. The molecule has 4 nitrogen and oxygen atoms in total. The van der Waals surface area contributed by atoms with Crippen molar-refractivity contribution in [2.24, 2.45) is 5.92 Å². The first kappa shape index (κ1) is 19.7. The van der Waals surface area contributed by atoms with Gasteiger partial charge in [0, 0.05) is 32.4 Å². The Hall–Kier alpha value is -1.65. The largest absolute Gasteiger partial charge is 0.444 e. The summed E-state index contributed by atoms with van der Waals surface area (Å²) in [5.41, 5.74) is 0.0107. The molecule has 1 heterocycles. The van der Waals surface area contributed by atoms with Crippen LogP contribution in [0.5, 0.6) is 0 Å². The van der Waals surface area contributed by atoms with Crippen molar-refractivity contribution in [2.75, 3.05) is 13.1 Å². The van der Waals surface area contributed by atoms with E-state index in [1.165, 1.54) is 0 Å². The van der Waals surface area contributed by atoms with Crippen LogP contribution in [0.3, 0.4) is 0 Å². The molecule has 1 fully saturated rings. The van der Waals surface area contributed by atoms with Crippen molar-refractivity contribution in [3.8, 4) is 0 Å². The normalized spacial score (nSPS) is 24.3. The van der Waals surface area contributed by atoms with Crippen LogP contribution in [0, 0.1) is 5.92 Å². The summed E-state index contributed by atoms with van der Waals surface area (Å²) in [5, 5.41) is 0. The molecule has 0 aromatic heterocycles. The van der Waals surface area contributed by atoms with Gasteiger partial charge in [0.05, 0.1) is 0 Å². The Bertz CT molecular complexity index is 607. The van der Waals surface area contributed by atoms with Crippen molar-refractivity contribution >= 4 is 11.9 Å². The van der Waals surface area contributed by atoms with E-state index in [1.807, 2.05) is 27.7 Å². The molecule has 25 heavy (non-hydrogen) atoms. The predicted molar refractivity (Wildman–Crippen MR) is 96.1 cm³/mol. The van der Waals surface area contributed by atoms with Crippen molar-refractivity contribution in [3.05, 3.63) is 23.3 Å². The average Bonchev–Trinajstić information content (AvgIpc) is 2.48. The second-order valence-electron chi connectivity index (χ2n) is 8.41. The molecular weight excluding hydrogens is 321 g/mol. The minimum atomic E-state index is -1.52. The standard InChI is InChI=1S/C20H30FNO3/c1-13(2)15-11-16(14(3)17(23)12-15)20(21)7-9-22(10-8-20)18(24)25-19(4,5)6/h15H,1,7-12H2,2-6H3. The molecule has 0 aromatic rings. The number of hydrogen-bond acceptors (Lipinski definition) is 3. The van der Waals surface area contributed by atoms with E-state index in [9.17, 15) is 9.59 Å². The summed E-state index contributed by atoms with van der Waals surface area (Å²) in [7, 11) is 0. The fraction of sp³-hybridized carbons (Fsp3) is 0.700. The number of amides is 1. The highest BCUT2D eigenvalue weighted by Gasteiger charge is 2.43. The number of piperidine rings is 1. The van der Waals surface area contributed by atoms with E-state index < -0.39 is 17.4 Å².